The third kappa shape index (κ3) is 11.5. The van der Waals surface area contributed by atoms with Crippen LogP contribution in [0.4, 0.5) is 0 Å². The second-order valence-electron chi connectivity index (χ2n) is 26.1. The van der Waals surface area contributed by atoms with Gasteiger partial charge in [-0.25, -0.2) is 0 Å². The van der Waals surface area contributed by atoms with E-state index in [0.717, 1.165) is 103 Å². The maximum absolute atomic E-state index is 13.9. The largest absolute Gasteiger partial charge is 0.360 e. The van der Waals surface area contributed by atoms with Gasteiger partial charge < -0.3 is 48.7 Å². The lowest BCUT2D eigenvalue weighted by Gasteiger charge is -2.34. The molecule has 12 rings (SSSR count). The number of likely N-dealkylation sites (tertiary alicyclic amines) is 2. The third-order valence-corrected chi connectivity index (χ3v) is 18.1. The highest BCUT2D eigenvalue weighted by Gasteiger charge is 2.38. The van der Waals surface area contributed by atoms with Crippen LogP contribution in [0.3, 0.4) is 0 Å². The average molecular weight is 1150 g/mol. The molecule has 4 N–H and O–H groups in total. The van der Waals surface area contributed by atoms with Crippen molar-refractivity contribution in [1.29, 1.82) is 0 Å². The summed E-state index contributed by atoms with van der Waals surface area (Å²) in [5.74, 6) is -0.632. The van der Waals surface area contributed by atoms with Gasteiger partial charge in [-0.2, -0.15) is 0 Å². The number of carbonyl (C=O) groups excluding carboxylic acids is 4. The normalized spacial score (nSPS) is 18.8. The van der Waals surface area contributed by atoms with Crippen LogP contribution in [-0.4, -0.2) is 112 Å². The van der Waals surface area contributed by atoms with Gasteiger partial charge in [0.25, 0.3) is 11.1 Å². The molecule has 10 heterocycles. The van der Waals surface area contributed by atoms with Crippen LogP contribution in [0, 0.1) is 22.7 Å². The van der Waals surface area contributed by atoms with Gasteiger partial charge >= 0.3 is 0 Å². The predicted molar refractivity (Wildman–Crippen MR) is 324 cm³/mol. The van der Waals surface area contributed by atoms with E-state index in [-0.39, 0.29) is 70.3 Å². The Bertz CT molecular complexity index is 3650. The highest BCUT2D eigenvalue weighted by molar-refractivity contribution is 6.35. The van der Waals surface area contributed by atoms with Gasteiger partial charge in [0.15, 0.2) is 0 Å². The van der Waals surface area contributed by atoms with Crippen molar-refractivity contribution in [2.45, 2.75) is 118 Å². The van der Waals surface area contributed by atoms with E-state index in [4.69, 9.17) is 23.2 Å². The highest BCUT2D eigenvalue weighted by Crippen LogP contribution is 2.39. The Labute approximate surface area is 487 Å². The number of halogens is 2. The van der Waals surface area contributed by atoms with Crippen LogP contribution in [-0.2, 0) is 59.2 Å². The van der Waals surface area contributed by atoms with Crippen LogP contribution < -0.4 is 11.1 Å². The number of hydrogen-bond acceptors (Lipinski definition) is 6. The predicted octanol–water partition coefficient (Wildman–Crippen LogP) is 10.7. The fourth-order valence-electron chi connectivity index (χ4n) is 13.5. The summed E-state index contributed by atoms with van der Waals surface area (Å²) in [7, 11) is 3.94. The number of aromatic amines is 4. The summed E-state index contributed by atoms with van der Waals surface area (Å²) in [5, 5.41) is 3.35. The number of pyridine rings is 2. The van der Waals surface area contributed by atoms with Crippen LogP contribution in [0.25, 0.3) is 43.9 Å². The summed E-state index contributed by atoms with van der Waals surface area (Å²) in [6.45, 7) is 17.3. The molecule has 2 aromatic carbocycles. The highest BCUT2D eigenvalue weighted by atomic mass is 35.5. The molecular weight excluding hydrogens is 1080 g/mol. The zero-order valence-corrected chi connectivity index (χ0v) is 50.0. The number of piperidine rings is 2. The number of aromatic nitrogens is 6. The molecule has 4 amide bonds. The summed E-state index contributed by atoms with van der Waals surface area (Å²) in [6, 6.07) is 15.8. The summed E-state index contributed by atoms with van der Waals surface area (Å²) in [5.41, 5.74) is 11.1. The van der Waals surface area contributed by atoms with E-state index in [1.165, 1.54) is 0 Å². The lowest BCUT2D eigenvalue weighted by molar-refractivity contribution is -0.142. The van der Waals surface area contributed by atoms with Crippen molar-refractivity contribution in [3.05, 3.63) is 137 Å². The summed E-state index contributed by atoms with van der Waals surface area (Å²) < 4.78 is 4.01. The smallest absolute Gasteiger partial charge is 0.252 e. The maximum atomic E-state index is 13.9. The Morgan fingerprint density at radius 1 is 0.561 bits per heavy atom. The zero-order chi connectivity index (χ0) is 58.1. The molecule has 2 saturated heterocycles. The van der Waals surface area contributed by atoms with Crippen molar-refractivity contribution in [3.8, 4) is 0 Å². The van der Waals surface area contributed by atoms with E-state index in [1.54, 1.807) is 0 Å². The third-order valence-electron chi connectivity index (χ3n) is 17.5. The van der Waals surface area contributed by atoms with E-state index in [1.807, 2.05) is 116 Å². The van der Waals surface area contributed by atoms with Crippen molar-refractivity contribution in [2.75, 3.05) is 39.3 Å². The molecule has 0 unspecified atom stereocenters. The zero-order valence-electron chi connectivity index (χ0n) is 48.4. The number of nitrogens with zero attached hydrogens (tertiary/aromatic N) is 6. The standard InChI is InChI=1S/2C32H38ClN5O3/c2*1-32(2,3)18-38-17-24-20(14-25(33)29-22(24)5-9-34-29)13-21(31(38)41)15-28(39)37-11-6-19(7-12-37)23-16-27-26(35-30(23)40)8-10-36(27)4/h2*5,8-10,14,16,19,21,34H,6-7,11-13,15,17-18H2,1-4H3,(H,35,40)/t2*21-/m00/s1. The van der Waals surface area contributed by atoms with E-state index < -0.39 is 11.8 Å². The number of aryl methyl sites for hydroxylation is 2. The van der Waals surface area contributed by atoms with Gasteiger partial charge in [-0.15, -0.1) is 0 Å². The number of rotatable bonds is 8. The van der Waals surface area contributed by atoms with E-state index in [0.29, 0.717) is 75.2 Å². The van der Waals surface area contributed by atoms with Crippen LogP contribution in [0.2, 0.25) is 10.0 Å². The molecule has 4 aliphatic heterocycles. The second-order valence-corrected chi connectivity index (χ2v) is 26.9. The van der Waals surface area contributed by atoms with E-state index in [9.17, 15) is 28.8 Å². The molecule has 82 heavy (non-hydrogen) atoms. The minimum Gasteiger partial charge on any atom is -0.360 e. The molecule has 0 spiro atoms. The van der Waals surface area contributed by atoms with Crippen molar-refractivity contribution >= 4 is 90.7 Å². The van der Waals surface area contributed by atoms with E-state index >= 15 is 0 Å². The van der Waals surface area contributed by atoms with Crippen molar-refractivity contribution in [2.24, 2.45) is 36.8 Å². The Hall–Kier alpha value is -7.04. The quantitative estimate of drug-likeness (QED) is 0.117. The summed E-state index contributed by atoms with van der Waals surface area (Å²) in [4.78, 5) is 101. The number of hydrogen-bond donors (Lipinski definition) is 4. The van der Waals surface area contributed by atoms with Crippen molar-refractivity contribution in [3.63, 3.8) is 0 Å². The first-order chi connectivity index (χ1) is 39.0. The van der Waals surface area contributed by atoms with Gasteiger partial charge in [-0.1, -0.05) is 64.7 Å². The monoisotopic (exact) mass is 1150 g/mol. The number of amides is 4. The van der Waals surface area contributed by atoms with Crippen molar-refractivity contribution < 1.29 is 19.2 Å². The molecule has 0 aliphatic carbocycles. The van der Waals surface area contributed by atoms with Gasteiger partial charge in [0.05, 0.1) is 55.0 Å². The first kappa shape index (κ1) is 56.8. The number of nitrogens with one attached hydrogen (secondary N) is 4. The molecule has 432 valence electrons. The molecule has 0 saturated carbocycles. The minimum atomic E-state index is -0.445. The van der Waals surface area contributed by atoms with Gasteiger partial charge in [0, 0.05) is 126 Å². The molecule has 6 aromatic heterocycles. The number of fused-ring (bicyclic) bond motifs is 8. The van der Waals surface area contributed by atoms with Crippen LogP contribution >= 0.6 is 23.2 Å². The number of carbonyl (C=O) groups is 4. The molecular formula is C64H76Cl2N10O6. The Morgan fingerprint density at radius 2 is 0.939 bits per heavy atom. The lowest BCUT2D eigenvalue weighted by Crippen LogP contribution is -2.43. The first-order valence-corrected chi connectivity index (χ1v) is 29.8. The van der Waals surface area contributed by atoms with Gasteiger partial charge in [-0.05, 0) is 132 Å². The SMILES string of the molecule is Cn1ccc2[nH]c(=O)c(C3CCN(C(=O)C[C@@H]4Cc5cc(Cl)c6[nH]ccc6c5CN(CC(C)(C)C)C4=O)CC3)cc21.Cn1ccc2[nH]c(=O)c(C3CCN(C(=O)C[C@@H]4Cc5cc(Cl)c6[nH]ccc6c5CN(CC(C)(C)C)C4=O)CC3)cc21. The number of H-pyrrole nitrogens is 4. The Balaban J connectivity index is 0.000000172. The average Bonchev–Trinajstić information content (AvgIpc) is 3.68. The van der Waals surface area contributed by atoms with Crippen LogP contribution in [0.1, 0.15) is 125 Å². The molecule has 8 aromatic rings. The topological polar surface area (TPSA) is 188 Å². The molecule has 0 radical (unpaired) electrons. The van der Waals surface area contributed by atoms with E-state index in [2.05, 4.69) is 61.5 Å². The molecule has 2 fully saturated rings. The lowest BCUT2D eigenvalue weighted by atomic mass is 9.89. The summed E-state index contributed by atoms with van der Waals surface area (Å²) in [6.07, 6.45) is 11.9. The molecule has 16 nitrogen and oxygen atoms in total. The maximum Gasteiger partial charge on any atom is 0.252 e. The fourth-order valence-corrected chi connectivity index (χ4v) is 14.0. The van der Waals surface area contributed by atoms with Gasteiger partial charge in [-0.3, -0.25) is 28.8 Å². The van der Waals surface area contributed by atoms with Crippen LogP contribution in [0.15, 0.2) is 82.9 Å². The van der Waals surface area contributed by atoms with Crippen LogP contribution in [0.5, 0.6) is 0 Å². The first-order valence-electron chi connectivity index (χ1n) is 29.0. The summed E-state index contributed by atoms with van der Waals surface area (Å²) >= 11 is 13.2. The molecule has 2 atom stereocenters. The minimum absolute atomic E-state index is 0.00146. The van der Waals surface area contributed by atoms with Gasteiger partial charge in [0.2, 0.25) is 23.6 Å². The fraction of sp³-hybridized carbons (Fsp3) is 0.469. The Kier molecular flexibility index (Phi) is 15.4. The second kappa shape index (κ2) is 22.3. The Morgan fingerprint density at radius 3 is 1.30 bits per heavy atom. The molecule has 18 heteroatoms. The van der Waals surface area contributed by atoms with Gasteiger partial charge in [0.1, 0.15) is 0 Å². The molecule has 0 bridgehead atoms. The molecule has 4 aliphatic rings. The van der Waals surface area contributed by atoms with Crippen molar-refractivity contribution in [1.82, 2.24) is 48.7 Å². The number of benzene rings is 2.